The summed E-state index contributed by atoms with van der Waals surface area (Å²) in [5.74, 6) is 1.73. The van der Waals surface area contributed by atoms with Crippen molar-refractivity contribution in [3.05, 3.63) is 52.9 Å². The Morgan fingerprint density at radius 1 is 1.19 bits per heavy atom. The first kappa shape index (κ1) is 18.3. The number of fused-ring (bicyclic) bond motifs is 1. The van der Waals surface area contributed by atoms with Crippen LogP contribution in [-0.2, 0) is 12.0 Å². The number of aliphatic hydroxyl groups excluding tert-OH is 1. The Morgan fingerprint density at radius 3 is 2.63 bits per heavy atom. The predicted molar refractivity (Wildman–Crippen MR) is 110 cm³/mol. The van der Waals surface area contributed by atoms with Crippen LogP contribution in [0.4, 0.5) is 5.82 Å². The summed E-state index contributed by atoms with van der Waals surface area (Å²) in [6.45, 7) is 8.46. The molecule has 3 aromatic rings. The third-order valence-electron chi connectivity index (χ3n) is 5.03. The number of halogens is 1. The number of aromatic nitrogens is 3. The van der Waals surface area contributed by atoms with Gasteiger partial charge in [0.1, 0.15) is 17.3 Å². The van der Waals surface area contributed by atoms with Gasteiger partial charge in [0.2, 0.25) is 0 Å². The Morgan fingerprint density at radius 2 is 1.96 bits per heavy atom. The SMILES string of the molecule is CC(C)(C)c1nc(N2CCC(O)C2)c2ccn(Cc3ccccc3Cl)c2n1. The highest BCUT2D eigenvalue weighted by Gasteiger charge is 2.27. The van der Waals surface area contributed by atoms with E-state index in [0.29, 0.717) is 13.1 Å². The Balaban J connectivity index is 1.84. The summed E-state index contributed by atoms with van der Waals surface area (Å²) >= 11 is 6.37. The van der Waals surface area contributed by atoms with Gasteiger partial charge in [-0.05, 0) is 24.1 Å². The molecular weight excluding hydrogens is 360 g/mol. The van der Waals surface area contributed by atoms with Gasteiger partial charge in [-0.2, -0.15) is 0 Å². The van der Waals surface area contributed by atoms with Crippen LogP contribution in [0.1, 0.15) is 38.6 Å². The molecule has 6 heteroatoms. The normalized spacial score (nSPS) is 17.8. The lowest BCUT2D eigenvalue weighted by Crippen LogP contribution is -2.25. The number of aliphatic hydroxyl groups is 1. The first-order valence-electron chi connectivity index (χ1n) is 9.37. The third kappa shape index (κ3) is 3.54. The summed E-state index contributed by atoms with van der Waals surface area (Å²) in [7, 11) is 0. The molecule has 1 fully saturated rings. The van der Waals surface area contributed by atoms with Gasteiger partial charge in [-0.25, -0.2) is 9.97 Å². The molecule has 5 nitrogen and oxygen atoms in total. The van der Waals surface area contributed by atoms with E-state index < -0.39 is 0 Å². The minimum absolute atomic E-state index is 0.166. The summed E-state index contributed by atoms with van der Waals surface area (Å²) in [5.41, 5.74) is 1.80. The molecule has 4 rings (SSSR count). The van der Waals surface area contributed by atoms with Crippen molar-refractivity contribution in [2.45, 2.75) is 45.3 Å². The van der Waals surface area contributed by atoms with E-state index in [1.807, 2.05) is 30.5 Å². The van der Waals surface area contributed by atoms with E-state index in [2.05, 4.69) is 36.3 Å². The van der Waals surface area contributed by atoms with E-state index in [4.69, 9.17) is 21.6 Å². The van der Waals surface area contributed by atoms with E-state index in [9.17, 15) is 5.11 Å². The Bertz CT molecular complexity index is 976. The fourth-order valence-corrected chi connectivity index (χ4v) is 3.69. The minimum atomic E-state index is -0.293. The van der Waals surface area contributed by atoms with Crippen molar-refractivity contribution >= 4 is 28.5 Å². The van der Waals surface area contributed by atoms with Crippen molar-refractivity contribution in [1.82, 2.24) is 14.5 Å². The Hall–Kier alpha value is -2.11. The number of hydrogen-bond donors (Lipinski definition) is 1. The fraction of sp³-hybridized carbons (Fsp3) is 0.429. The number of hydrogen-bond acceptors (Lipinski definition) is 4. The van der Waals surface area contributed by atoms with Gasteiger partial charge in [-0.3, -0.25) is 0 Å². The van der Waals surface area contributed by atoms with E-state index >= 15 is 0 Å². The quantitative estimate of drug-likeness (QED) is 0.741. The van der Waals surface area contributed by atoms with Gasteiger partial charge in [0.25, 0.3) is 0 Å². The van der Waals surface area contributed by atoms with Crippen LogP contribution in [-0.4, -0.2) is 38.8 Å². The standard InChI is InChI=1S/C21H25ClN4O/c1-21(2,3)20-23-18-16(19(24-20)26-10-8-15(27)13-26)9-11-25(18)12-14-6-4-5-7-17(14)22/h4-7,9,11,15,27H,8,10,12-13H2,1-3H3. The third-order valence-corrected chi connectivity index (χ3v) is 5.40. The monoisotopic (exact) mass is 384 g/mol. The van der Waals surface area contributed by atoms with E-state index in [0.717, 1.165) is 46.2 Å². The smallest absolute Gasteiger partial charge is 0.146 e. The first-order valence-corrected chi connectivity index (χ1v) is 9.74. The summed E-state index contributed by atoms with van der Waals surface area (Å²) in [6, 6.07) is 9.96. The zero-order valence-electron chi connectivity index (χ0n) is 16.0. The highest BCUT2D eigenvalue weighted by atomic mass is 35.5. The highest BCUT2D eigenvalue weighted by Crippen LogP contribution is 2.31. The van der Waals surface area contributed by atoms with Crippen LogP contribution in [0, 0.1) is 0 Å². The van der Waals surface area contributed by atoms with Crippen molar-refractivity contribution in [2.24, 2.45) is 0 Å². The molecule has 3 heterocycles. The predicted octanol–water partition coefficient (Wildman–Crippen LogP) is 4.00. The van der Waals surface area contributed by atoms with Gasteiger partial charge in [-0.15, -0.1) is 0 Å². The van der Waals surface area contributed by atoms with E-state index in [1.54, 1.807) is 0 Å². The fourth-order valence-electron chi connectivity index (χ4n) is 3.50. The van der Waals surface area contributed by atoms with Crippen LogP contribution < -0.4 is 4.90 Å². The Kier molecular flexibility index (Phi) is 4.60. The van der Waals surface area contributed by atoms with Gasteiger partial charge < -0.3 is 14.6 Å². The summed E-state index contributed by atoms with van der Waals surface area (Å²) in [4.78, 5) is 12.0. The largest absolute Gasteiger partial charge is 0.391 e. The number of rotatable bonds is 3. The van der Waals surface area contributed by atoms with E-state index in [-0.39, 0.29) is 11.5 Å². The summed E-state index contributed by atoms with van der Waals surface area (Å²) in [6.07, 6.45) is 2.53. The minimum Gasteiger partial charge on any atom is -0.391 e. The molecule has 1 aromatic carbocycles. The number of anilines is 1. The lowest BCUT2D eigenvalue weighted by atomic mass is 9.95. The Labute approximate surface area is 164 Å². The molecule has 27 heavy (non-hydrogen) atoms. The van der Waals surface area contributed by atoms with Gasteiger partial charge in [0.05, 0.1) is 18.0 Å². The maximum absolute atomic E-state index is 9.99. The molecule has 1 saturated heterocycles. The molecule has 2 aromatic heterocycles. The second kappa shape index (κ2) is 6.80. The molecule has 1 unspecified atom stereocenters. The lowest BCUT2D eigenvalue weighted by Gasteiger charge is -2.23. The van der Waals surface area contributed by atoms with E-state index in [1.165, 1.54) is 0 Å². The van der Waals surface area contributed by atoms with Gasteiger partial charge in [0, 0.05) is 29.7 Å². The maximum Gasteiger partial charge on any atom is 0.146 e. The second-order valence-corrected chi connectivity index (χ2v) is 8.69. The maximum atomic E-state index is 9.99. The zero-order valence-corrected chi connectivity index (χ0v) is 16.7. The molecule has 1 aliphatic rings. The van der Waals surface area contributed by atoms with Crippen LogP contribution in [0.3, 0.4) is 0 Å². The molecule has 0 bridgehead atoms. The molecule has 1 aliphatic heterocycles. The average Bonchev–Trinajstić information content (AvgIpc) is 3.22. The second-order valence-electron chi connectivity index (χ2n) is 8.28. The van der Waals surface area contributed by atoms with Crippen molar-refractivity contribution in [1.29, 1.82) is 0 Å². The molecule has 1 N–H and O–H groups in total. The topological polar surface area (TPSA) is 54.2 Å². The van der Waals surface area contributed by atoms with Crippen LogP contribution >= 0.6 is 11.6 Å². The van der Waals surface area contributed by atoms with Crippen molar-refractivity contribution < 1.29 is 5.11 Å². The molecule has 0 spiro atoms. The average molecular weight is 385 g/mol. The van der Waals surface area contributed by atoms with Crippen molar-refractivity contribution in [3.63, 3.8) is 0 Å². The van der Waals surface area contributed by atoms with Gasteiger partial charge >= 0.3 is 0 Å². The summed E-state index contributed by atoms with van der Waals surface area (Å²) in [5, 5.41) is 11.8. The van der Waals surface area contributed by atoms with Crippen LogP contribution in [0.25, 0.3) is 11.0 Å². The molecule has 0 radical (unpaired) electrons. The van der Waals surface area contributed by atoms with Crippen LogP contribution in [0.2, 0.25) is 5.02 Å². The highest BCUT2D eigenvalue weighted by molar-refractivity contribution is 6.31. The number of β-amino-alcohol motifs (C(OH)–C–C–N with tert-alkyl or cyclic N) is 1. The van der Waals surface area contributed by atoms with Crippen LogP contribution in [0.15, 0.2) is 36.5 Å². The molecule has 1 atom stereocenters. The zero-order chi connectivity index (χ0) is 19.2. The summed E-state index contributed by atoms with van der Waals surface area (Å²) < 4.78 is 2.13. The first-order chi connectivity index (χ1) is 12.8. The molecule has 0 saturated carbocycles. The van der Waals surface area contributed by atoms with Gasteiger partial charge in [0.15, 0.2) is 0 Å². The molecular formula is C21H25ClN4O. The lowest BCUT2D eigenvalue weighted by molar-refractivity contribution is 0.198. The van der Waals surface area contributed by atoms with Gasteiger partial charge in [-0.1, -0.05) is 50.6 Å². The molecule has 0 aliphatic carbocycles. The van der Waals surface area contributed by atoms with Crippen molar-refractivity contribution in [3.8, 4) is 0 Å². The number of benzene rings is 1. The molecule has 142 valence electrons. The number of nitrogens with zero attached hydrogens (tertiary/aromatic N) is 4. The molecule has 0 amide bonds. The van der Waals surface area contributed by atoms with Crippen molar-refractivity contribution in [2.75, 3.05) is 18.0 Å². The van der Waals surface area contributed by atoms with Crippen LogP contribution in [0.5, 0.6) is 0 Å².